The van der Waals surface area contributed by atoms with Crippen molar-refractivity contribution in [3.63, 3.8) is 0 Å². The fourth-order valence-electron chi connectivity index (χ4n) is 2.66. The molecular formula is C17H20ClN. The first-order chi connectivity index (χ1) is 9.05. The Hall–Kier alpha value is -1.31. The summed E-state index contributed by atoms with van der Waals surface area (Å²) in [6.45, 7) is 4.51. The fourth-order valence-corrected chi connectivity index (χ4v) is 2.86. The van der Waals surface area contributed by atoms with Crippen LogP contribution in [0.25, 0.3) is 0 Å². The number of likely N-dealkylation sites (N-methyl/N-ethyl adjacent to an activating group) is 1. The van der Waals surface area contributed by atoms with Gasteiger partial charge in [-0.2, -0.15) is 0 Å². The van der Waals surface area contributed by atoms with Gasteiger partial charge < -0.3 is 5.32 Å². The van der Waals surface area contributed by atoms with Crippen molar-refractivity contribution in [3.8, 4) is 0 Å². The molecule has 2 aromatic rings. The van der Waals surface area contributed by atoms with Crippen LogP contribution in [0.1, 0.15) is 31.0 Å². The lowest BCUT2D eigenvalue weighted by Crippen LogP contribution is -2.35. The number of hydrogen-bond donors (Lipinski definition) is 1. The summed E-state index contributed by atoms with van der Waals surface area (Å²) in [5.41, 5.74) is 2.51. The van der Waals surface area contributed by atoms with Crippen molar-refractivity contribution < 1.29 is 0 Å². The molecule has 1 N–H and O–H groups in total. The second kappa shape index (κ2) is 5.77. The molecule has 0 fully saturated rings. The first-order valence-corrected chi connectivity index (χ1v) is 6.92. The molecule has 0 radical (unpaired) electrons. The van der Waals surface area contributed by atoms with Crippen molar-refractivity contribution in [2.45, 2.75) is 25.3 Å². The van der Waals surface area contributed by atoms with Gasteiger partial charge in [0.1, 0.15) is 0 Å². The van der Waals surface area contributed by atoms with Gasteiger partial charge in [-0.25, -0.2) is 0 Å². The van der Waals surface area contributed by atoms with E-state index in [-0.39, 0.29) is 11.5 Å². The maximum atomic E-state index is 6.11. The van der Waals surface area contributed by atoms with Gasteiger partial charge in [0, 0.05) is 16.5 Å². The highest BCUT2D eigenvalue weighted by atomic mass is 35.5. The van der Waals surface area contributed by atoms with E-state index >= 15 is 0 Å². The van der Waals surface area contributed by atoms with Crippen molar-refractivity contribution in [2.24, 2.45) is 0 Å². The summed E-state index contributed by atoms with van der Waals surface area (Å²) in [5, 5.41) is 4.20. The molecule has 0 aliphatic carbocycles. The Kier molecular flexibility index (Phi) is 4.28. The minimum absolute atomic E-state index is 0.0132. The SMILES string of the molecule is CNC(c1cccc(Cl)c1)C(C)(C)c1ccccc1. The molecule has 100 valence electrons. The molecule has 0 aliphatic rings. The molecule has 2 rings (SSSR count). The highest BCUT2D eigenvalue weighted by Crippen LogP contribution is 2.37. The third-order valence-corrected chi connectivity index (χ3v) is 3.95. The highest BCUT2D eigenvalue weighted by Gasteiger charge is 2.31. The molecule has 2 heteroatoms. The van der Waals surface area contributed by atoms with Gasteiger partial charge >= 0.3 is 0 Å². The van der Waals surface area contributed by atoms with E-state index in [9.17, 15) is 0 Å². The summed E-state index contributed by atoms with van der Waals surface area (Å²) in [6.07, 6.45) is 0. The Labute approximate surface area is 120 Å². The Balaban J connectivity index is 2.41. The van der Waals surface area contributed by atoms with Crippen molar-refractivity contribution >= 4 is 11.6 Å². The van der Waals surface area contributed by atoms with Gasteiger partial charge in [-0.05, 0) is 30.3 Å². The van der Waals surface area contributed by atoms with Crippen molar-refractivity contribution in [2.75, 3.05) is 7.05 Å². The minimum atomic E-state index is -0.0132. The molecule has 1 unspecified atom stereocenters. The van der Waals surface area contributed by atoms with Gasteiger partial charge in [0.15, 0.2) is 0 Å². The van der Waals surface area contributed by atoms with Crippen LogP contribution in [0.15, 0.2) is 54.6 Å². The average molecular weight is 274 g/mol. The highest BCUT2D eigenvalue weighted by molar-refractivity contribution is 6.30. The van der Waals surface area contributed by atoms with Crippen LogP contribution in [0.4, 0.5) is 0 Å². The molecule has 0 bridgehead atoms. The molecule has 0 saturated carbocycles. The predicted molar refractivity (Wildman–Crippen MR) is 82.7 cm³/mol. The summed E-state index contributed by atoms with van der Waals surface area (Å²) in [6, 6.07) is 18.9. The van der Waals surface area contributed by atoms with E-state index in [4.69, 9.17) is 11.6 Å². The zero-order valence-electron chi connectivity index (χ0n) is 11.7. The molecule has 1 atom stereocenters. The Bertz CT molecular complexity index is 534. The van der Waals surface area contributed by atoms with E-state index in [1.165, 1.54) is 11.1 Å². The van der Waals surface area contributed by atoms with Crippen LogP contribution in [0, 0.1) is 0 Å². The Morgan fingerprint density at radius 1 is 1.00 bits per heavy atom. The normalized spacial score (nSPS) is 13.3. The van der Waals surface area contributed by atoms with Gasteiger partial charge in [0.05, 0.1) is 0 Å². The molecule has 0 aromatic heterocycles. The molecule has 0 saturated heterocycles. The van der Waals surface area contributed by atoms with Gasteiger partial charge in [-0.15, -0.1) is 0 Å². The summed E-state index contributed by atoms with van der Waals surface area (Å²) in [5.74, 6) is 0. The van der Waals surface area contributed by atoms with E-state index in [1.807, 2.05) is 31.3 Å². The summed E-state index contributed by atoms with van der Waals surface area (Å²) >= 11 is 6.11. The van der Waals surface area contributed by atoms with Crippen LogP contribution in [-0.2, 0) is 5.41 Å². The van der Waals surface area contributed by atoms with Crippen LogP contribution < -0.4 is 5.32 Å². The Morgan fingerprint density at radius 3 is 2.26 bits per heavy atom. The smallest absolute Gasteiger partial charge is 0.0410 e. The number of hydrogen-bond acceptors (Lipinski definition) is 1. The van der Waals surface area contributed by atoms with Crippen molar-refractivity contribution in [3.05, 3.63) is 70.7 Å². The fraction of sp³-hybridized carbons (Fsp3) is 0.294. The Morgan fingerprint density at radius 2 is 1.68 bits per heavy atom. The summed E-state index contributed by atoms with van der Waals surface area (Å²) < 4.78 is 0. The second-order valence-corrected chi connectivity index (χ2v) is 5.80. The molecule has 0 spiro atoms. The minimum Gasteiger partial charge on any atom is -0.312 e. The van der Waals surface area contributed by atoms with Crippen LogP contribution in [0.5, 0.6) is 0 Å². The molecule has 0 heterocycles. The molecule has 1 nitrogen and oxygen atoms in total. The quantitative estimate of drug-likeness (QED) is 0.860. The van der Waals surface area contributed by atoms with Crippen molar-refractivity contribution in [1.29, 1.82) is 0 Å². The molecular weight excluding hydrogens is 254 g/mol. The van der Waals surface area contributed by atoms with Gasteiger partial charge in [-0.3, -0.25) is 0 Å². The van der Waals surface area contributed by atoms with Crippen LogP contribution >= 0.6 is 11.6 Å². The van der Waals surface area contributed by atoms with Crippen LogP contribution in [0.2, 0.25) is 5.02 Å². The largest absolute Gasteiger partial charge is 0.312 e. The molecule has 2 aromatic carbocycles. The van der Waals surface area contributed by atoms with Crippen LogP contribution in [0.3, 0.4) is 0 Å². The van der Waals surface area contributed by atoms with E-state index < -0.39 is 0 Å². The zero-order chi connectivity index (χ0) is 13.9. The zero-order valence-corrected chi connectivity index (χ0v) is 12.4. The predicted octanol–water partition coefficient (Wildman–Crippen LogP) is 4.58. The second-order valence-electron chi connectivity index (χ2n) is 5.36. The third-order valence-electron chi connectivity index (χ3n) is 3.71. The van der Waals surface area contributed by atoms with E-state index in [0.29, 0.717) is 0 Å². The standard InChI is InChI=1S/C17H20ClN/c1-17(2,14-9-5-4-6-10-14)16(19-3)13-8-7-11-15(18)12-13/h4-12,16,19H,1-3H3. The number of nitrogens with one attached hydrogen (secondary N) is 1. The molecule has 19 heavy (non-hydrogen) atoms. The van der Waals surface area contributed by atoms with Crippen molar-refractivity contribution in [1.82, 2.24) is 5.32 Å². The van der Waals surface area contributed by atoms with Crippen LogP contribution in [-0.4, -0.2) is 7.05 Å². The lowest BCUT2D eigenvalue weighted by atomic mass is 9.75. The molecule has 0 aliphatic heterocycles. The van der Waals surface area contributed by atoms with Gasteiger partial charge in [0.2, 0.25) is 0 Å². The molecule has 0 amide bonds. The average Bonchev–Trinajstić information content (AvgIpc) is 2.40. The number of halogens is 1. The van der Waals surface area contributed by atoms with Gasteiger partial charge in [0.25, 0.3) is 0 Å². The van der Waals surface area contributed by atoms with E-state index in [1.54, 1.807) is 0 Å². The first-order valence-electron chi connectivity index (χ1n) is 6.54. The van der Waals surface area contributed by atoms with E-state index in [2.05, 4.69) is 49.5 Å². The first kappa shape index (κ1) is 14.1. The van der Waals surface area contributed by atoms with E-state index in [0.717, 1.165) is 5.02 Å². The monoisotopic (exact) mass is 273 g/mol. The number of benzene rings is 2. The summed E-state index contributed by atoms with van der Waals surface area (Å²) in [4.78, 5) is 0. The third kappa shape index (κ3) is 2.99. The maximum Gasteiger partial charge on any atom is 0.0410 e. The topological polar surface area (TPSA) is 12.0 Å². The lowest BCUT2D eigenvalue weighted by Gasteiger charge is -2.35. The van der Waals surface area contributed by atoms with Gasteiger partial charge in [-0.1, -0.05) is 67.9 Å². The maximum absolute atomic E-state index is 6.11. The lowest BCUT2D eigenvalue weighted by molar-refractivity contribution is 0.368. The summed E-state index contributed by atoms with van der Waals surface area (Å²) in [7, 11) is 2.00. The number of rotatable bonds is 4.